The number of halogens is 2. The standard InChI is InChI=1S/C11H15BrN.BrH/c1-13(8-2-3-9-13)11-6-4-10(12)5-7-11;/h4-7H,2-3,8-9H2,1H3;1H/q+1;/p-1. The third kappa shape index (κ3) is 2.38. The van der Waals surface area contributed by atoms with Gasteiger partial charge in [-0.05, 0) is 12.1 Å². The molecule has 14 heavy (non-hydrogen) atoms. The Morgan fingerprint density at radius 1 is 1.07 bits per heavy atom. The van der Waals surface area contributed by atoms with E-state index in [0.717, 1.165) is 4.48 Å². The van der Waals surface area contributed by atoms with Crippen LogP contribution in [0.1, 0.15) is 12.8 Å². The van der Waals surface area contributed by atoms with Crippen molar-refractivity contribution in [3.63, 3.8) is 0 Å². The molecule has 0 radical (unpaired) electrons. The second kappa shape index (κ2) is 4.77. The van der Waals surface area contributed by atoms with Crippen molar-refractivity contribution in [3.8, 4) is 0 Å². The molecule has 0 atom stereocenters. The van der Waals surface area contributed by atoms with Crippen LogP contribution in [-0.2, 0) is 0 Å². The summed E-state index contributed by atoms with van der Waals surface area (Å²) in [4.78, 5) is 0. The first-order valence-electron chi connectivity index (χ1n) is 4.81. The summed E-state index contributed by atoms with van der Waals surface area (Å²) in [5, 5.41) is 0. The van der Waals surface area contributed by atoms with E-state index in [-0.39, 0.29) is 17.0 Å². The predicted molar refractivity (Wildman–Crippen MR) is 60.8 cm³/mol. The largest absolute Gasteiger partial charge is 1.00 e. The Morgan fingerprint density at radius 3 is 2.07 bits per heavy atom. The van der Waals surface area contributed by atoms with Crippen LogP contribution in [0.2, 0.25) is 0 Å². The first-order chi connectivity index (χ1) is 6.21. The van der Waals surface area contributed by atoms with Crippen molar-refractivity contribution in [2.45, 2.75) is 12.8 Å². The Labute approximate surface area is 105 Å². The fourth-order valence-corrected chi connectivity index (χ4v) is 2.36. The van der Waals surface area contributed by atoms with E-state index < -0.39 is 0 Å². The number of quaternary nitrogens is 1. The van der Waals surface area contributed by atoms with Gasteiger partial charge in [0, 0.05) is 29.4 Å². The highest BCUT2D eigenvalue weighted by molar-refractivity contribution is 9.10. The smallest absolute Gasteiger partial charge is 0.132 e. The molecule has 1 nitrogen and oxygen atoms in total. The molecule has 0 amide bonds. The van der Waals surface area contributed by atoms with Crippen LogP contribution in [0.5, 0.6) is 0 Å². The molecule has 0 spiro atoms. The van der Waals surface area contributed by atoms with Gasteiger partial charge in [-0.25, -0.2) is 0 Å². The Hall–Kier alpha value is 0.140. The molecule has 1 aromatic rings. The number of rotatable bonds is 1. The zero-order valence-electron chi connectivity index (χ0n) is 8.34. The van der Waals surface area contributed by atoms with Gasteiger partial charge >= 0.3 is 0 Å². The lowest BCUT2D eigenvalue weighted by molar-refractivity contribution is -0.00000262. The summed E-state index contributed by atoms with van der Waals surface area (Å²) in [7, 11) is 2.33. The van der Waals surface area contributed by atoms with E-state index >= 15 is 0 Å². The highest BCUT2D eigenvalue weighted by atomic mass is 79.9. The molecule has 0 N–H and O–H groups in total. The third-order valence-electron chi connectivity index (χ3n) is 3.00. The number of likely N-dealkylation sites (tertiary alicyclic amines) is 1. The summed E-state index contributed by atoms with van der Waals surface area (Å²) in [6.45, 7) is 2.59. The van der Waals surface area contributed by atoms with Crippen LogP contribution in [0.4, 0.5) is 5.69 Å². The van der Waals surface area contributed by atoms with E-state index in [4.69, 9.17) is 0 Å². The lowest BCUT2D eigenvalue weighted by Gasteiger charge is -2.28. The molecule has 0 aliphatic carbocycles. The van der Waals surface area contributed by atoms with Gasteiger partial charge in [-0.15, -0.1) is 0 Å². The predicted octanol–water partition coefficient (Wildman–Crippen LogP) is 0.184. The van der Waals surface area contributed by atoms with Gasteiger partial charge < -0.3 is 17.0 Å². The zero-order chi connectivity index (χ0) is 9.31. The Kier molecular flexibility index (Phi) is 4.16. The molecule has 0 aromatic heterocycles. The van der Waals surface area contributed by atoms with E-state index in [1.807, 2.05) is 0 Å². The first kappa shape index (κ1) is 12.2. The molecule has 0 unspecified atom stereocenters. The summed E-state index contributed by atoms with van der Waals surface area (Å²) in [6.07, 6.45) is 2.74. The van der Waals surface area contributed by atoms with Crippen molar-refractivity contribution in [3.05, 3.63) is 28.7 Å². The Bertz CT molecular complexity index is 289. The lowest BCUT2D eigenvalue weighted by atomic mass is 10.2. The monoisotopic (exact) mass is 319 g/mol. The molecule has 78 valence electrons. The molecule has 0 bridgehead atoms. The number of hydrogen-bond donors (Lipinski definition) is 0. The fraction of sp³-hybridized carbons (Fsp3) is 0.455. The molecule has 0 saturated carbocycles. The van der Waals surface area contributed by atoms with E-state index in [9.17, 15) is 0 Å². The van der Waals surface area contributed by atoms with Gasteiger partial charge in [0.1, 0.15) is 5.69 Å². The molecule has 2 rings (SSSR count). The van der Waals surface area contributed by atoms with Crippen molar-refractivity contribution in [2.24, 2.45) is 0 Å². The molecule has 1 heterocycles. The molecule has 1 fully saturated rings. The Balaban J connectivity index is 0.000000980. The van der Waals surface area contributed by atoms with Crippen molar-refractivity contribution in [1.82, 2.24) is 4.48 Å². The molecule has 1 aliphatic heterocycles. The van der Waals surface area contributed by atoms with Gasteiger partial charge in [-0.3, -0.25) is 4.48 Å². The molecule has 1 aliphatic rings. The zero-order valence-corrected chi connectivity index (χ0v) is 11.5. The maximum Gasteiger partial charge on any atom is 0.132 e. The third-order valence-corrected chi connectivity index (χ3v) is 3.53. The quantitative estimate of drug-likeness (QED) is 0.648. The van der Waals surface area contributed by atoms with Gasteiger partial charge in [-0.2, -0.15) is 0 Å². The highest BCUT2D eigenvalue weighted by Crippen LogP contribution is 2.28. The lowest BCUT2D eigenvalue weighted by Crippen LogP contribution is -3.00. The maximum absolute atomic E-state index is 3.46. The molecule has 1 saturated heterocycles. The fourth-order valence-electron chi connectivity index (χ4n) is 2.09. The van der Waals surface area contributed by atoms with E-state index in [0.29, 0.717) is 0 Å². The minimum absolute atomic E-state index is 0. The first-order valence-corrected chi connectivity index (χ1v) is 5.61. The highest BCUT2D eigenvalue weighted by Gasteiger charge is 2.28. The van der Waals surface area contributed by atoms with Gasteiger partial charge in [0.05, 0.1) is 20.1 Å². The van der Waals surface area contributed by atoms with Crippen LogP contribution in [0.15, 0.2) is 28.7 Å². The van der Waals surface area contributed by atoms with E-state index in [2.05, 4.69) is 47.2 Å². The van der Waals surface area contributed by atoms with Gasteiger partial charge in [0.25, 0.3) is 0 Å². The normalized spacial score (nSPS) is 19.0. The van der Waals surface area contributed by atoms with Crippen molar-refractivity contribution < 1.29 is 17.0 Å². The van der Waals surface area contributed by atoms with Crippen LogP contribution in [0.3, 0.4) is 0 Å². The average Bonchev–Trinajstić information content (AvgIpc) is 2.54. The van der Waals surface area contributed by atoms with E-state index in [1.54, 1.807) is 0 Å². The topological polar surface area (TPSA) is 0 Å². The van der Waals surface area contributed by atoms with Crippen molar-refractivity contribution in [1.29, 1.82) is 0 Å². The van der Waals surface area contributed by atoms with E-state index in [1.165, 1.54) is 36.1 Å². The summed E-state index contributed by atoms with van der Waals surface area (Å²) >= 11 is 3.46. The van der Waals surface area contributed by atoms with Crippen LogP contribution >= 0.6 is 15.9 Å². The Morgan fingerprint density at radius 2 is 1.57 bits per heavy atom. The molecular weight excluding hydrogens is 306 g/mol. The van der Waals surface area contributed by atoms with Crippen molar-refractivity contribution >= 4 is 21.6 Å². The van der Waals surface area contributed by atoms with Crippen LogP contribution in [0, 0.1) is 0 Å². The number of benzene rings is 1. The minimum atomic E-state index is 0. The summed E-state index contributed by atoms with van der Waals surface area (Å²) < 4.78 is 2.29. The number of nitrogens with zero attached hydrogens (tertiary/aromatic N) is 1. The molecular formula is C11H15Br2N. The molecule has 1 aromatic carbocycles. The SMILES string of the molecule is C[N+]1(c2ccc(Br)cc2)CCCC1.[Br-]. The van der Waals surface area contributed by atoms with Gasteiger partial charge in [0.2, 0.25) is 0 Å². The van der Waals surface area contributed by atoms with Crippen molar-refractivity contribution in [2.75, 3.05) is 20.1 Å². The van der Waals surface area contributed by atoms with Crippen LogP contribution in [0.25, 0.3) is 0 Å². The number of hydrogen-bond acceptors (Lipinski definition) is 0. The van der Waals surface area contributed by atoms with Gasteiger partial charge in [-0.1, -0.05) is 15.9 Å². The van der Waals surface area contributed by atoms with Crippen LogP contribution in [-0.4, -0.2) is 20.1 Å². The second-order valence-corrected chi connectivity index (χ2v) is 4.94. The second-order valence-electron chi connectivity index (χ2n) is 4.03. The average molecular weight is 321 g/mol. The van der Waals surface area contributed by atoms with Crippen LogP contribution < -0.4 is 21.5 Å². The maximum atomic E-state index is 3.46. The summed E-state index contributed by atoms with van der Waals surface area (Å²) in [5.41, 5.74) is 1.45. The minimum Gasteiger partial charge on any atom is -1.00 e. The summed E-state index contributed by atoms with van der Waals surface area (Å²) in [5.74, 6) is 0. The molecule has 3 heteroatoms. The summed E-state index contributed by atoms with van der Waals surface area (Å²) in [6, 6.07) is 8.74. The van der Waals surface area contributed by atoms with Gasteiger partial charge in [0.15, 0.2) is 0 Å².